The van der Waals surface area contributed by atoms with E-state index in [9.17, 15) is 14.7 Å². The first-order chi connectivity index (χ1) is 16.9. The molecule has 0 bridgehead atoms. The molecule has 0 radical (unpaired) electrons. The third-order valence-electron chi connectivity index (χ3n) is 6.52. The van der Waals surface area contributed by atoms with Crippen molar-refractivity contribution in [1.29, 1.82) is 0 Å². The van der Waals surface area contributed by atoms with Gasteiger partial charge in [0.25, 0.3) is 0 Å². The standard InChI is InChI=1S/C27H27NO7/c1-15(2)20-8-16-9-26(34-14-17-13-33-23-6-4-5-7-24(23)35-17)25(32-3)10-18(16)21-11-22(29)19(27(30)31)12-28(20)21/h4-7,9-12,15,17,20H,8,13-14H2,1-3H3,(H,30,31)/t17-,20+/m1/s1. The Morgan fingerprint density at radius 2 is 1.94 bits per heavy atom. The number of rotatable bonds is 6. The number of benzene rings is 2. The van der Waals surface area contributed by atoms with Crippen molar-refractivity contribution < 1.29 is 28.8 Å². The van der Waals surface area contributed by atoms with Crippen LogP contribution in [0, 0.1) is 5.92 Å². The Bertz CT molecular complexity index is 1340. The quantitative estimate of drug-likeness (QED) is 0.569. The molecule has 0 amide bonds. The Morgan fingerprint density at radius 3 is 2.66 bits per heavy atom. The average molecular weight is 478 g/mol. The molecule has 1 aromatic heterocycles. The third kappa shape index (κ3) is 4.20. The Morgan fingerprint density at radius 1 is 1.17 bits per heavy atom. The highest BCUT2D eigenvalue weighted by atomic mass is 16.6. The second-order valence-electron chi connectivity index (χ2n) is 9.13. The number of ether oxygens (including phenoxy) is 4. The van der Waals surface area contributed by atoms with Crippen LogP contribution < -0.4 is 24.4 Å². The number of methoxy groups -OCH3 is 1. The molecular formula is C27H27NO7. The number of hydrogen-bond donors (Lipinski definition) is 1. The predicted octanol–water partition coefficient (Wildman–Crippen LogP) is 4.19. The van der Waals surface area contributed by atoms with Crippen molar-refractivity contribution in [1.82, 2.24) is 4.57 Å². The fourth-order valence-electron chi connectivity index (χ4n) is 4.69. The van der Waals surface area contributed by atoms with E-state index in [-0.39, 0.29) is 30.2 Å². The fourth-order valence-corrected chi connectivity index (χ4v) is 4.69. The number of aromatic carboxylic acids is 1. The van der Waals surface area contributed by atoms with Crippen LogP contribution in [-0.2, 0) is 6.42 Å². The van der Waals surface area contributed by atoms with Gasteiger partial charge in [-0.1, -0.05) is 26.0 Å². The molecule has 35 heavy (non-hydrogen) atoms. The van der Waals surface area contributed by atoms with Crippen molar-refractivity contribution in [3.8, 4) is 34.3 Å². The number of pyridine rings is 1. The second-order valence-corrected chi connectivity index (χ2v) is 9.13. The molecule has 0 spiro atoms. The molecule has 0 aliphatic carbocycles. The van der Waals surface area contributed by atoms with Crippen LogP contribution in [0.15, 0.2) is 53.5 Å². The Kier molecular flexibility index (Phi) is 5.88. The van der Waals surface area contributed by atoms with Gasteiger partial charge in [0.1, 0.15) is 18.8 Å². The van der Waals surface area contributed by atoms with Crippen LogP contribution in [0.4, 0.5) is 0 Å². The van der Waals surface area contributed by atoms with Gasteiger partial charge in [0.15, 0.2) is 34.5 Å². The molecule has 0 unspecified atom stereocenters. The van der Waals surface area contributed by atoms with E-state index in [1.54, 1.807) is 7.11 Å². The molecule has 0 saturated heterocycles. The maximum atomic E-state index is 12.5. The first kappa shape index (κ1) is 22.8. The first-order valence-corrected chi connectivity index (χ1v) is 11.6. The highest BCUT2D eigenvalue weighted by Crippen LogP contribution is 2.43. The Labute approximate surface area is 202 Å². The van der Waals surface area contributed by atoms with E-state index in [1.807, 2.05) is 41.0 Å². The minimum absolute atomic E-state index is 0.0102. The van der Waals surface area contributed by atoms with Crippen LogP contribution >= 0.6 is 0 Å². The number of carbonyl (C=O) groups is 1. The zero-order chi connectivity index (χ0) is 24.7. The Hall–Kier alpha value is -3.94. The molecule has 2 aliphatic heterocycles. The Balaban J connectivity index is 1.47. The van der Waals surface area contributed by atoms with Crippen molar-refractivity contribution in [3.63, 3.8) is 0 Å². The lowest BCUT2D eigenvalue weighted by atomic mass is 9.87. The first-order valence-electron chi connectivity index (χ1n) is 11.6. The third-order valence-corrected chi connectivity index (χ3v) is 6.52. The smallest absolute Gasteiger partial charge is 0.341 e. The van der Waals surface area contributed by atoms with Gasteiger partial charge in [-0.15, -0.1) is 0 Å². The van der Waals surface area contributed by atoms with Crippen molar-refractivity contribution in [2.45, 2.75) is 32.4 Å². The SMILES string of the molecule is COc1cc2c(cc1OC[C@H]1COc3ccccc3O1)C[C@@H](C(C)C)n1cc(C(=O)O)c(=O)cc1-2. The lowest BCUT2D eigenvalue weighted by Gasteiger charge is -2.34. The molecule has 2 aromatic carbocycles. The van der Waals surface area contributed by atoms with E-state index in [0.717, 1.165) is 16.9 Å². The van der Waals surface area contributed by atoms with E-state index in [0.29, 0.717) is 36.0 Å². The van der Waals surface area contributed by atoms with Gasteiger partial charge < -0.3 is 28.6 Å². The zero-order valence-corrected chi connectivity index (χ0v) is 19.8. The van der Waals surface area contributed by atoms with Gasteiger partial charge in [0.2, 0.25) is 0 Å². The molecule has 0 fully saturated rings. The molecule has 3 heterocycles. The highest BCUT2D eigenvalue weighted by Gasteiger charge is 2.30. The zero-order valence-electron chi connectivity index (χ0n) is 19.8. The second kappa shape index (κ2) is 9.02. The van der Waals surface area contributed by atoms with Gasteiger partial charge in [-0.2, -0.15) is 0 Å². The summed E-state index contributed by atoms with van der Waals surface area (Å²) >= 11 is 0. The van der Waals surface area contributed by atoms with Gasteiger partial charge in [0, 0.05) is 23.9 Å². The fraction of sp³-hybridized carbons (Fsp3) is 0.333. The molecule has 1 N–H and O–H groups in total. The van der Waals surface area contributed by atoms with Gasteiger partial charge in [0.05, 0.1) is 12.8 Å². The maximum absolute atomic E-state index is 12.5. The number of aromatic nitrogens is 1. The number of carboxylic acid groups (broad SMARTS) is 1. The molecule has 2 aliphatic rings. The van der Waals surface area contributed by atoms with Crippen LogP contribution in [0.2, 0.25) is 0 Å². The molecule has 8 nitrogen and oxygen atoms in total. The van der Waals surface area contributed by atoms with E-state index in [1.165, 1.54) is 12.3 Å². The number of nitrogens with zero attached hydrogens (tertiary/aromatic N) is 1. The lowest BCUT2D eigenvalue weighted by molar-refractivity contribution is 0.0527. The molecule has 3 aromatic rings. The van der Waals surface area contributed by atoms with E-state index in [4.69, 9.17) is 18.9 Å². The summed E-state index contributed by atoms with van der Waals surface area (Å²) in [5.41, 5.74) is 1.75. The van der Waals surface area contributed by atoms with Crippen LogP contribution in [-0.4, -0.2) is 42.1 Å². The van der Waals surface area contributed by atoms with Crippen molar-refractivity contribution in [2.24, 2.45) is 5.92 Å². The summed E-state index contributed by atoms with van der Waals surface area (Å²) in [6, 6.07) is 12.7. The summed E-state index contributed by atoms with van der Waals surface area (Å²) < 4.78 is 25.4. The normalized spacial score (nSPS) is 17.9. The molecular weight excluding hydrogens is 450 g/mol. The van der Waals surface area contributed by atoms with Crippen LogP contribution in [0.3, 0.4) is 0 Å². The van der Waals surface area contributed by atoms with Crippen LogP contribution in [0.25, 0.3) is 11.3 Å². The van der Waals surface area contributed by atoms with Crippen LogP contribution in [0.1, 0.15) is 35.8 Å². The maximum Gasteiger partial charge on any atom is 0.341 e. The topological polar surface area (TPSA) is 96.2 Å². The van der Waals surface area contributed by atoms with Crippen molar-refractivity contribution in [3.05, 3.63) is 70.0 Å². The van der Waals surface area contributed by atoms with E-state index >= 15 is 0 Å². The van der Waals surface area contributed by atoms with Crippen molar-refractivity contribution >= 4 is 5.97 Å². The molecule has 2 atom stereocenters. The summed E-state index contributed by atoms with van der Waals surface area (Å²) in [7, 11) is 1.56. The molecule has 0 saturated carbocycles. The summed E-state index contributed by atoms with van der Waals surface area (Å²) in [6.45, 7) is 4.81. The summed E-state index contributed by atoms with van der Waals surface area (Å²) in [5, 5.41) is 9.46. The predicted molar refractivity (Wildman–Crippen MR) is 129 cm³/mol. The molecule has 182 valence electrons. The average Bonchev–Trinajstić information content (AvgIpc) is 2.85. The largest absolute Gasteiger partial charge is 0.493 e. The van der Waals surface area contributed by atoms with E-state index in [2.05, 4.69) is 13.8 Å². The number of hydrogen-bond acceptors (Lipinski definition) is 6. The van der Waals surface area contributed by atoms with Gasteiger partial charge in [-0.25, -0.2) is 4.79 Å². The monoisotopic (exact) mass is 477 g/mol. The van der Waals surface area contributed by atoms with Gasteiger partial charge >= 0.3 is 5.97 Å². The minimum atomic E-state index is -1.23. The van der Waals surface area contributed by atoms with E-state index < -0.39 is 11.4 Å². The number of carboxylic acids is 1. The highest BCUT2D eigenvalue weighted by molar-refractivity contribution is 5.88. The summed E-state index contributed by atoms with van der Waals surface area (Å²) in [6.07, 6.45) is 1.85. The number of para-hydroxylation sites is 2. The molecule has 5 rings (SSSR count). The van der Waals surface area contributed by atoms with Crippen molar-refractivity contribution in [2.75, 3.05) is 20.3 Å². The minimum Gasteiger partial charge on any atom is -0.493 e. The summed E-state index contributed by atoms with van der Waals surface area (Å²) in [4.78, 5) is 24.1. The molecule has 8 heteroatoms. The van der Waals surface area contributed by atoms with Gasteiger partial charge in [-0.3, -0.25) is 4.79 Å². The van der Waals surface area contributed by atoms with Crippen LogP contribution in [0.5, 0.6) is 23.0 Å². The summed E-state index contributed by atoms with van der Waals surface area (Å²) in [5.74, 6) is 1.49. The number of fused-ring (bicyclic) bond motifs is 4. The lowest BCUT2D eigenvalue weighted by Crippen LogP contribution is -2.34. The van der Waals surface area contributed by atoms with Gasteiger partial charge in [-0.05, 0) is 42.2 Å².